The average molecular weight is 431 g/mol. The number of anilines is 2. The van der Waals surface area contributed by atoms with Crippen LogP contribution in [0.15, 0.2) is 47.4 Å². The highest BCUT2D eigenvalue weighted by molar-refractivity contribution is 8.00. The minimum absolute atomic E-state index is 0.00962. The lowest BCUT2D eigenvalue weighted by atomic mass is 10.2. The molecule has 30 heavy (non-hydrogen) atoms. The van der Waals surface area contributed by atoms with Gasteiger partial charge in [0.2, 0.25) is 11.8 Å². The van der Waals surface area contributed by atoms with E-state index in [4.69, 9.17) is 9.47 Å². The van der Waals surface area contributed by atoms with Crippen molar-refractivity contribution in [2.45, 2.75) is 49.7 Å². The maximum absolute atomic E-state index is 12.9. The Hall–Kier alpha value is -2.67. The van der Waals surface area contributed by atoms with Gasteiger partial charge in [-0.25, -0.2) is 0 Å². The predicted molar refractivity (Wildman–Crippen MR) is 123 cm³/mol. The lowest BCUT2D eigenvalue weighted by Crippen LogP contribution is -2.24. The molecule has 2 rings (SSSR count). The van der Waals surface area contributed by atoms with Crippen molar-refractivity contribution in [3.8, 4) is 11.5 Å². The molecule has 2 amide bonds. The molecule has 1 unspecified atom stereocenters. The molecule has 0 aliphatic heterocycles. The van der Waals surface area contributed by atoms with E-state index in [1.165, 1.54) is 11.8 Å². The van der Waals surface area contributed by atoms with E-state index in [0.29, 0.717) is 30.0 Å². The zero-order valence-electron chi connectivity index (χ0n) is 18.0. The number of methoxy groups -OCH3 is 2. The standard InChI is InChI=1S/C23H30N2O4S/c1-5-7-11-22(26)24-16-9-8-10-18(14-16)30-21(6-2)23(27)25-19-13-12-17(28-3)15-20(19)29-4/h8-10,12-15,21H,5-7,11H2,1-4H3,(H,24,26)(H,25,27). The number of benzene rings is 2. The molecule has 2 aromatic carbocycles. The normalized spacial score (nSPS) is 11.5. The fourth-order valence-electron chi connectivity index (χ4n) is 2.81. The number of carbonyl (C=O) groups excluding carboxylic acids is 2. The number of ether oxygens (including phenoxy) is 2. The summed E-state index contributed by atoms with van der Waals surface area (Å²) in [7, 11) is 3.13. The fourth-order valence-corrected chi connectivity index (χ4v) is 3.82. The Labute approximate surface area is 182 Å². The number of nitrogens with one attached hydrogen (secondary N) is 2. The Morgan fingerprint density at radius 1 is 1.03 bits per heavy atom. The lowest BCUT2D eigenvalue weighted by molar-refractivity contribution is -0.116. The number of unbranched alkanes of at least 4 members (excludes halogenated alkanes) is 1. The lowest BCUT2D eigenvalue weighted by Gasteiger charge is -2.17. The van der Waals surface area contributed by atoms with Crippen LogP contribution in [0.25, 0.3) is 0 Å². The molecule has 0 aliphatic carbocycles. The summed E-state index contributed by atoms with van der Waals surface area (Å²) in [5.74, 6) is 1.10. The molecule has 7 heteroatoms. The van der Waals surface area contributed by atoms with Crippen molar-refractivity contribution in [1.29, 1.82) is 0 Å². The number of carbonyl (C=O) groups is 2. The van der Waals surface area contributed by atoms with Gasteiger partial charge in [-0.3, -0.25) is 9.59 Å². The third-order valence-electron chi connectivity index (χ3n) is 4.48. The van der Waals surface area contributed by atoms with Crippen molar-refractivity contribution in [3.05, 3.63) is 42.5 Å². The van der Waals surface area contributed by atoms with Gasteiger partial charge < -0.3 is 20.1 Å². The quantitative estimate of drug-likeness (QED) is 0.471. The van der Waals surface area contributed by atoms with Crippen LogP contribution in [0.3, 0.4) is 0 Å². The van der Waals surface area contributed by atoms with Gasteiger partial charge in [-0.05, 0) is 43.2 Å². The molecule has 0 saturated heterocycles. The van der Waals surface area contributed by atoms with Gasteiger partial charge in [-0.1, -0.05) is 26.3 Å². The van der Waals surface area contributed by atoms with E-state index in [2.05, 4.69) is 17.6 Å². The fraction of sp³-hybridized carbons (Fsp3) is 0.391. The summed E-state index contributed by atoms with van der Waals surface area (Å²) < 4.78 is 10.6. The van der Waals surface area contributed by atoms with Gasteiger partial charge in [0.1, 0.15) is 11.5 Å². The third kappa shape index (κ3) is 6.99. The molecule has 0 aromatic heterocycles. The van der Waals surface area contributed by atoms with Crippen LogP contribution < -0.4 is 20.1 Å². The molecule has 0 spiro atoms. The minimum atomic E-state index is -0.289. The zero-order valence-corrected chi connectivity index (χ0v) is 18.8. The highest BCUT2D eigenvalue weighted by atomic mass is 32.2. The number of rotatable bonds is 11. The van der Waals surface area contributed by atoms with Gasteiger partial charge in [0, 0.05) is 23.1 Å². The van der Waals surface area contributed by atoms with E-state index in [9.17, 15) is 9.59 Å². The van der Waals surface area contributed by atoms with Crippen molar-refractivity contribution in [3.63, 3.8) is 0 Å². The number of hydrogen-bond acceptors (Lipinski definition) is 5. The largest absolute Gasteiger partial charge is 0.497 e. The van der Waals surface area contributed by atoms with Gasteiger partial charge in [0.15, 0.2) is 0 Å². The van der Waals surface area contributed by atoms with Crippen molar-refractivity contribution >= 4 is 35.0 Å². The van der Waals surface area contributed by atoms with Crippen LogP contribution in [0.5, 0.6) is 11.5 Å². The van der Waals surface area contributed by atoms with Crippen molar-refractivity contribution in [2.75, 3.05) is 24.9 Å². The van der Waals surface area contributed by atoms with Crippen LogP contribution in [0.4, 0.5) is 11.4 Å². The van der Waals surface area contributed by atoms with Gasteiger partial charge in [0.05, 0.1) is 25.2 Å². The van der Waals surface area contributed by atoms with Crippen LogP contribution in [-0.4, -0.2) is 31.3 Å². The summed E-state index contributed by atoms with van der Waals surface area (Å²) in [6.45, 7) is 4.03. The molecule has 2 aromatic rings. The Bertz CT molecular complexity index is 857. The first-order valence-electron chi connectivity index (χ1n) is 10.1. The van der Waals surface area contributed by atoms with Crippen molar-refractivity contribution < 1.29 is 19.1 Å². The smallest absolute Gasteiger partial charge is 0.237 e. The summed E-state index contributed by atoms with van der Waals surface area (Å²) in [6, 6.07) is 12.9. The first-order chi connectivity index (χ1) is 14.5. The first-order valence-corrected chi connectivity index (χ1v) is 11.0. The molecule has 0 saturated carbocycles. The summed E-state index contributed by atoms with van der Waals surface area (Å²) >= 11 is 1.47. The molecular formula is C23H30N2O4S. The van der Waals surface area contributed by atoms with E-state index in [1.54, 1.807) is 32.4 Å². The van der Waals surface area contributed by atoms with Crippen LogP contribution >= 0.6 is 11.8 Å². The summed E-state index contributed by atoms with van der Waals surface area (Å²) in [4.78, 5) is 25.8. The van der Waals surface area contributed by atoms with Crippen molar-refractivity contribution in [2.24, 2.45) is 0 Å². The molecule has 0 aliphatic rings. The maximum atomic E-state index is 12.9. The second-order valence-electron chi connectivity index (χ2n) is 6.75. The predicted octanol–water partition coefficient (Wildman–Crippen LogP) is 5.34. The molecule has 6 nitrogen and oxygen atoms in total. The third-order valence-corrected chi connectivity index (χ3v) is 5.84. The highest BCUT2D eigenvalue weighted by Gasteiger charge is 2.20. The second-order valence-corrected chi connectivity index (χ2v) is 8.03. The van der Waals surface area contributed by atoms with E-state index in [0.717, 1.165) is 23.4 Å². The maximum Gasteiger partial charge on any atom is 0.237 e. The Balaban J connectivity index is 2.05. The molecule has 2 N–H and O–H groups in total. The molecule has 0 bridgehead atoms. The van der Waals surface area contributed by atoms with E-state index in [1.807, 2.05) is 31.2 Å². The van der Waals surface area contributed by atoms with E-state index >= 15 is 0 Å². The summed E-state index contributed by atoms with van der Waals surface area (Å²) in [6.07, 6.45) is 3.02. The highest BCUT2D eigenvalue weighted by Crippen LogP contribution is 2.32. The first kappa shape index (κ1) is 23.6. The minimum Gasteiger partial charge on any atom is -0.497 e. The Morgan fingerprint density at radius 3 is 2.50 bits per heavy atom. The Kier molecular flexibility index (Phi) is 9.54. The summed E-state index contributed by atoms with van der Waals surface area (Å²) in [5, 5.41) is 5.58. The van der Waals surface area contributed by atoms with Crippen LogP contribution in [0.2, 0.25) is 0 Å². The van der Waals surface area contributed by atoms with Gasteiger partial charge in [-0.15, -0.1) is 11.8 Å². The van der Waals surface area contributed by atoms with Crippen LogP contribution in [0.1, 0.15) is 39.5 Å². The van der Waals surface area contributed by atoms with Crippen molar-refractivity contribution in [1.82, 2.24) is 0 Å². The SMILES string of the molecule is CCCCC(=O)Nc1cccc(SC(CC)C(=O)Nc2ccc(OC)cc2OC)c1. The number of hydrogen-bond donors (Lipinski definition) is 2. The van der Waals surface area contributed by atoms with E-state index < -0.39 is 0 Å². The Morgan fingerprint density at radius 2 is 1.83 bits per heavy atom. The molecule has 0 radical (unpaired) electrons. The monoisotopic (exact) mass is 430 g/mol. The van der Waals surface area contributed by atoms with Crippen LogP contribution in [0, 0.1) is 0 Å². The summed E-state index contributed by atoms with van der Waals surface area (Å²) in [5.41, 5.74) is 1.34. The molecule has 0 heterocycles. The van der Waals surface area contributed by atoms with Gasteiger partial charge in [0.25, 0.3) is 0 Å². The van der Waals surface area contributed by atoms with E-state index in [-0.39, 0.29) is 17.1 Å². The topological polar surface area (TPSA) is 76.7 Å². The second kappa shape index (κ2) is 12.1. The number of amides is 2. The molecule has 0 fully saturated rings. The van der Waals surface area contributed by atoms with Crippen LogP contribution in [-0.2, 0) is 9.59 Å². The van der Waals surface area contributed by atoms with Gasteiger partial charge >= 0.3 is 0 Å². The average Bonchev–Trinajstić information content (AvgIpc) is 2.76. The molecular weight excluding hydrogens is 400 g/mol. The van der Waals surface area contributed by atoms with Gasteiger partial charge in [-0.2, -0.15) is 0 Å². The zero-order chi connectivity index (χ0) is 21.9. The number of thioether (sulfide) groups is 1. The molecule has 162 valence electrons. The molecule has 1 atom stereocenters.